The highest BCUT2D eigenvalue weighted by atomic mass is 32.1. The number of thiazole rings is 1. The van der Waals surface area contributed by atoms with Gasteiger partial charge in [0.05, 0.1) is 11.8 Å². The summed E-state index contributed by atoms with van der Waals surface area (Å²) in [4.78, 5) is 5.88. The molecule has 1 atom stereocenters. The van der Waals surface area contributed by atoms with Gasteiger partial charge in [-0.2, -0.15) is 0 Å². The van der Waals surface area contributed by atoms with Gasteiger partial charge in [-0.15, -0.1) is 11.3 Å². The highest BCUT2D eigenvalue weighted by molar-refractivity contribution is 7.15. The van der Waals surface area contributed by atoms with E-state index in [2.05, 4.69) is 30.1 Å². The normalized spacial score (nSPS) is 14.5. The Hall–Kier alpha value is -1.39. The third kappa shape index (κ3) is 3.03. The standard InChI is InChI=1S/C18H24N2OS/c1-3-5-13(21-2)9-8-12-6-4-7-15-14(12)10-11-16-17(15)20-18(19)22-16/h4,6-7,13H,3,5,8-11H2,1-2H3,(H2,19,20). The van der Waals surface area contributed by atoms with Crippen LogP contribution in [0, 0.1) is 0 Å². The summed E-state index contributed by atoms with van der Waals surface area (Å²) in [6.07, 6.45) is 7.02. The summed E-state index contributed by atoms with van der Waals surface area (Å²) in [5, 5.41) is 0.686. The van der Waals surface area contributed by atoms with Crippen molar-refractivity contribution in [3.05, 3.63) is 34.2 Å². The predicted molar refractivity (Wildman–Crippen MR) is 93.4 cm³/mol. The van der Waals surface area contributed by atoms with Crippen molar-refractivity contribution in [3.63, 3.8) is 0 Å². The Morgan fingerprint density at radius 2 is 2.18 bits per heavy atom. The van der Waals surface area contributed by atoms with Gasteiger partial charge < -0.3 is 10.5 Å². The average Bonchev–Trinajstić information content (AvgIpc) is 2.92. The molecule has 118 valence electrons. The number of nitrogens with zero attached hydrogens (tertiary/aromatic N) is 1. The van der Waals surface area contributed by atoms with Crippen molar-refractivity contribution < 1.29 is 4.74 Å². The number of aryl methyl sites for hydroxylation is 2. The minimum atomic E-state index is 0.370. The van der Waals surface area contributed by atoms with Crippen molar-refractivity contribution in [3.8, 4) is 11.3 Å². The zero-order valence-electron chi connectivity index (χ0n) is 13.4. The first kappa shape index (κ1) is 15.5. The number of benzene rings is 1. The summed E-state index contributed by atoms with van der Waals surface area (Å²) >= 11 is 1.63. The number of rotatable bonds is 6. The summed E-state index contributed by atoms with van der Waals surface area (Å²) in [6, 6.07) is 6.61. The molecule has 0 amide bonds. The molecular weight excluding hydrogens is 292 g/mol. The monoisotopic (exact) mass is 316 g/mol. The highest BCUT2D eigenvalue weighted by Crippen LogP contribution is 2.38. The summed E-state index contributed by atoms with van der Waals surface area (Å²) < 4.78 is 5.59. The maximum absolute atomic E-state index is 5.89. The van der Waals surface area contributed by atoms with Gasteiger partial charge in [0.25, 0.3) is 0 Å². The van der Waals surface area contributed by atoms with E-state index in [1.165, 1.54) is 28.0 Å². The molecule has 0 radical (unpaired) electrons. The molecule has 1 heterocycles. The number of aromatic nitrogens is 1. The zero-order chi connectivity index (χ0) is 15.5. The Balaban J connectivity index is 1.83. The van der Waals surface area contributed by atoms with E-state index in [1.54, 1.807) is 11.3 Å². The van der Waals surface area contributed by atoms with Crippen LogP contribution in [0.15, 0.2) is 18.2 Å². The largest absolute Gasteiger partial charge is 0.381 e. The van der Waals surface area contributed by atoms with Crippen LogP contribution in [0.5, 0.6) is 0 Å². The summed E-state index contributed by atoms with van der Waals surface area (Å²) in [6.45, 7) is 2.21. The Labute approximate surface area is 136 Å². The molecule has 1 unspecified atom stereocenters. The molecule has 0 bridgehead atoms. The molecule has 3 rings (SSSR count). The molecule has 0 spiro atoms. The SMILES string of the molecule is CCCC(CCc1cccc2c1CCc1sc(N)nc1-2)OC. The molecule has 3 nitrogen and oxygen atoms in total. The van der Waals surface area contributed by atoms with Gasteiger partial charge in [0.1, 0.15) is 0 Å². The van der Waals surface area contributed by atoms with E-state index in [0.717, 1.165) is 37.8 Å². The molecule has 1 aliphatic carbocycles. The van der Waals surface area contributed by atoms with Gasteiger partial charge in [0.2, 0.25) is 0 Å². The van der Waals surface area contributed by atoms with Gasteiger partial charge in [0.15, 0.2) is 5.13 Å². The van der Waals surface area contributed by atoms with E-state index in [0.29, 0.717) is 11.2 Å². The van der Waals surface area contributed by atoms with E-state index in [-0.39, 0.29) is 0 Å². The minimum absolute atomic E-state index is 0.370. The third-order valence-electron chi connectivity index (χ3n) is 4.52. The summed E-state index contributed by atoms with van der Waals surface area (Å²) in [5.74, 6) is 0. The van der Waals surface area contributed by atoms with Crippen LogP contribution in [-0.2, 0) is 24.0 Å². The number of nitrogens with two attached hydrogens (primary N) is 1. The topological polar surface area (TPSA) is 48.1 Å². The average molecular weight is 316 g/mol. The molecule has 0 saturated carbocycles. The van der Waals surface area contributed by atoms with Gasteiger partial charge in [-0.3, -0.25) is 0 Å². The van der Waals surface area contributed by atoms with E-state index in [9.17, 15) is 0 Å². The van der Waals surface area contributed by atoms with Crippen molar-refractivity contribution in [2.75, 3.05) is 12.8 Å². The van der Waals surface area contributed by atoms with Crippen molar-refractivity contribution in [1.82, 2.24) is 4.98 Å². The Kier molecular flexibility index (Phi) is 4.79. The Bertz CT molecular complexity index is 651. The Morgan fingerprint density at radius 3 is 2.95 bits per heavy atom. The van der Waals surface area contributed by atoms with Crippen LogP contribution < -0.4 is 5.73 Å². The maximum Gasteiger partial charge on any atom is 0.180 e. The van der Waals surface area contributed by atoms with Crippen LogP contribution in [0.1, 0.15) is 42.2 Å². The molecule has 0 saturated heterocycles. The first-order valence-corrected chi connectivity index (χ1v) is 8.93. The van der Waals surface area contributed by atoms with Gasteiger partial charge in [0, 0.05) is 17.6 Å². The molecular formula is C18H24N2OS. The van der Waals surface area contributed by atoms with E-state index in [1.807, 2.05) is 7.11 Å². The Morgan fingerprint density at radius 1 is 1.32 bits per heavy atom. The molecule has 2 aromatic rings. The first-order valence-electron chi connectivity index (χ1n) is 8.12. The zero-order valence-corrected chi connectivity index (χ0v) is 14.2. The molecule has 1 aliphatic rings. The molecule has 1 aromatic heterocycles. The number of hydrogen-bond donors (Lipinski definition) is 1. The van der Waals surface area contributed by atoms with Crippen LogP contribution >= 0.6 is 11.3 Å². The smallest absolute Gasteiger partial charge is 0.180 e. The van der Waals surface area contributed by atoms with Crippen LogP contribution in [0.4, 0.5) is 5.13 Å². The minimum Gasteiger partial charge on any atom is -0.381 e. The fourth-order valence-electron chi connectivity index (χ4n) is 3.39. The number of hydrogen-bond acceptors (Lipinski definition) is 4. The second kappa shape index (κ2) is 6.80. The number of ether oxygens (including phenoxy) is 1. The van der Waals surface area contributed by atoms with Crippen molar-refractivity contribution in [2.24, 2.45) is 0 Å². The molecule has 0 aliphatic heterocycles. The quantitative estimate of drug-likeness (QED) is 0.867. The van der Waals surface area contributed by atoms with E-state index in [4.69, 9.17) is 10.5 Å². The summed E-state index contributed by atoms with van der Waals surface area (Å²) in [5.41, 5.74) is 11.2. The fourth-order valence-corrected chi connectivity index (χ4v) is 4.24. The van der Waals surface area contributed by atoms with Crippen LogP contribution in [-0.4, -0.2) is 18.2 Å². The van der Waals surface area contributed by atoms with Crippen molar-refractivity contribution >= 4 is 16.5 Å². The van der Waals surface area contributed by atoms with Crippen molar-refractivity contribution in [2.45, 2.75) is 51.6 Å². The molecule has 0 fully saturated rings. The fraction of sp³-hybridized carbons (Fsp3) is 0.500. The molecule has 4 heteroatoms. The lowest BCUT2D eigenvalue weighted by atomic mass is 9.87. The summed E-state index contributed by atoms with van der Waals surface area (Å²) in [7, 11) is 1.82. The number of anilines is 1. The number of methoxy groups -OCH3 is 1. The van der Waals surface area contributed by atoms with Gasteiger partial charge >= 0.3 is 0 Å². The maximum atomic E-state index is 5.89. The second-order valence-electron chi connectivity index (χ2n) is 5.95. The lowest BCUT2D eigenvalue weighted by Gasteiger charge is -2.20. The van der Waals surface area contributed by atoms with E-state index < -0.39 is 0 Å². The van der Waals surface area contributed by atoms with Crippen LogP contribution in [0.3, 0.4) is 0 Å². The third-order valence-corrected chi connectivity index (χ3v) is 5.47. The number of nitrogen functional groups attached to an aromatic ring is 1. The second-order valence-corrected chi connectivity index (χ2v) is 7.07. The molecule has 22 heavy (non-hydrogen) atoms. The first-order chi connectivity index (χ1) is 10.7. The molecule has 1 aromatic carbocycles. The van der Waals surface area contributed by atoms with Gasteiger partial charge in [-0.1, -0.05) is 31.5 Å². The van der Waals surface area contributed by atoms with Crippen LogP contribution in [0.25, 0.3) is 11.3 Å². The van der Waals surface area contributed by atoms with Gasteiger partial charge in [-0.05, 0) is 43.2 Å². The predicted octanol–water partition coefficient (Wildman–Crippen LogP) is 4.24. The number of fused-ring (bicyclic) bond motifs is 3. The lowest BCUT2D eigenvalue weighted by Crippen LogP contribution is -2.13. The highest BCUT2D eigenvalue weighted by Gasteiger charge is 2.22. The van der Waals surface area contributed by atoms with Gasteiger partial charge in [-0.25, -0.2) is 4.98 Å². The van der Waals surface area contributed by atoms with E-state index >= 15 is 0 Å². The lowest BCUT2D eigenvalue weighted by molar-refractivity contribution is 0.0876. The molecule has 2 N–H and O–H groups in total. The van der Waals surface area contributed by atoms with Crippen molar-refractivity contribution in [1.29, 1.82) is 0 Å². The van der Waals surface area contributed by atoms with Crippen LogP contribution in [0.2, 0.25) is 0 Å².